The molecule has 26 heavy (non-hydrogen) atoms. The molecule has 0 saturated heterocycles. The number of hydrogen-bond acceptors (Lipinski definition) is 5. The van der Waals surface area contributed by atoms with Crippen molar-refractivity contribution in [3.05, 3.63) is 61.8 Å². The van der Waals surface area contributed by atoms with Crippen molar-refractivity contribution in [1.29, 1.82) is 5.26 Å². The van der Waals surface area contributed by atoms with Crippen LogP contribution in [0.15, 0.2) is 28.4 Å². The third kappa shape index (κ3) is 3.45. The highest BCUT2D eigenvalue weighted by Crippen LogP contribution is 2.19. The Morgan fingerprint density at radius 2 is 2.23 bits per heavy atom. The third-order valence-electron chi connectivity index (χ3n) is 3.73. The number of pyridine rings is 1. The summed E-state index contributed by atoms with van der Waals surface area (Å²) in [6.45, 7) is 1.69. The van der Waals surface area contributed by atoms with E-state index in [2.05, 4.69) is 15.3 Å². The zero-order valence-electron chi connectivity index (χ0n) is 13.5. The van der Waals surface area contributed by atoms with E-state index in [0.717, 1.165) is 6.07 Å². The smallest absolute Gasteiger partial charge is 0.252 e. The number of H-pyrrole nitrogens is 1. The number of halogens is 2. The molecule has 1 atom stereocenters. The molecule has 0 bridgehead atoms. The first-order valence-electron chi connectivity index (χ1n) is 7.54. The first kappa shape index (κ1) is 17.7. The van der Waals surface area contributed by atoms with E-state index >= 15 is 0 Å². The van der Waals surface area contributed by atoms with Gasteiger partial charge in [-0.15, -0.1) is 11.3 Å². The molecule has 1 aromatic carbocycles. The van der Waals surface area contributed by atoms with Crippen LogP contribution in [0, 0.1) is 23.0 Å². The highest BCUT2D eigenvalue weighted by atomic mass is 32.1. The van der Waals surface area contributed by atoms with E-state index < -0.39 is 29.1 Å². The molecule has 132 valence electrons. The average molecular weight is 374 g/mol. The molecule has 0 aliphatic carbocycles. The number of benzene rings is 1. The summed E-state index contributed by atoms with van der Waals surface area (Å²) in [4.78, 5) is 30.7. The molecule has 0 aliphatic heterocycles. The molecule has 0 radical (unpaired) electrons. The van der Waals surface area contributed by atoms with E-state index in [1.54, 1.807) is 12.3 Å². The van der Waals surface area contributed by atoms with Gasteiger partial charge in [-0.05, 0) is 25.1 Å². The van der Waals surface area contributed by atoms with Crippen molar-refractivity contribution in [3.63, 3.8) is 0 Å². The topological polar surface area (TPSA) is 98.6 Å². The molecule has 2 N–H and O–H groups in total. The average Bonchev–Trinajstić information content (AvgIpc) is 3.09. The number of fused-ring (bicyclic) bond motifs is 1. The number of hydrogen-bond donors (Lipinski definition) is 2. The monoisotopic (exact) mass is 374 g/mol. The number of nitriles is 1. The highest BCUT2D eigenvalue weighted by molar-refractivity contribution is 7.09. The first-order valence-corrected chi connectivity index (χ1v) is 8.42. The Balaban J connectivity index is 1.80. The molecule has 1 amide bonds. The molecular weight excluding hydrogens is 362 g/mol. The van der Waals surface area contributed by atoms with Gasteiger partial charge in [-0.25, -0.2) is 13.8 Å². The van der Waals surface area contributed by atoms with E-state index in [9.17, 15) is 18.4 Å². The van der Waals surface area contributed by atoms with Crippen molar-refractivity contribution in [3.8, 4) is 6.07 Å². The Kier molecular flexibility index (Phi) is 4.77. The largest absolute Gasteiger partial charge is 0.347 e. The lowest BCUT2D eigenvalue weighted by atomic mass is 10.1. The van der Waals surface area contributed by atoms with Gasteiger partial charge in [0.05, 0.1) is 18.0 Å². The Labute approximate surface area is 150 Å². The second kappa shape index (κ2) is 7.01. The highest BCUT2D eigenvalue weighted by Gasteiger charge is 2.16. The number of carbonyl (C=O) groups excluding carboxylic acids is 1. The summed E-state index contributed by atoms with van der Waals surface area (Å²) in [5.74, 6) is -2.60. The van der Waals surface area contributed by atoms with Gasteiger partial charge in [0.2, 0.25) is 5.91 Å². The maximum Gasteiger partial charge on any atom is 0.252 e. The Bertz CT molecular complexity index is 1100. The van der Waals surface area contributed by atoms with Crippen LogP contribution in [0.3, 0.4) is 0 Å². The van der Waals surface area contributed by atoms with Crippen molar-refractivity contribution in [2.45, 2.75) is 19.4 Å². The number of aromatic amines is 1. The SMILES string of the molecule is C[C@H](NC(=O)Cc1cc2c(F)c(F)ccc2[nH]c1=O)c1nc(C#N)cs1. The van der Waals surface area contributed by atoms with E-state index in [-0.39, 0.29) is 28.6 Å². The molecule has 0 unspecified atom stereocenters. The summed E-state index contributed by atoms with van der Waals surface area (Å²) in [6, 6.07) is 4.81. The van der Waals surface area contributed by atoms with Crippen LogP contribution in [0.25, 0.3) is 10.9 Å². The van der Waals surface area contributed by atoms with Crippen LogP contribution in [0.2, 0.25) is 0 Å². The van der Waals surface area contributed by atoms with Gasteiger partial charge in [-0.3, -0.25) is 9.59 Å². The van der Waals surface area contributed by atoms with Gasteiger partial charge >= 0.3 is 0 Å². The number of amides is 1. The van der Waals surface area contributed by atoms with Gasteiger partial charge in [0.1, 0.15) is 11.1 Å². The molecule has 3 rings (SSSR count). The zero-order valence-corrected chi connectivity index (χ0v) is 14.3. The molecule has 9 heteroatoms. The summed E-state index contributed by atoms with van der Waals surface area (Å²) < 4.78 is 27.2. The molecule has 6 nitrogen and oxygen atoms in total. The molecule has 2 heterocycles. The summed E-state index contributed by atoms with van der Waals surface area (Å²) in [5, 5.41) is 13.5. The van der Waals surface area contributed by atoms with Crippen molar-refractivity contribution < 1.29 is 13.6 Å². The van der Waals surface area contributed by atoms with E-state index in [1.807, 2.05) is 6.07 Å². The minimum atomic E-state index is -1.08. The molecule has 0 fully saturated rings. The lowest BCUT2D eigenvalue weighted by Gasteiger charge is -2.11. The van der Waals surface area contributed by atoms with Crippen molar-refractivity contribution >= 4 is 28.1 Å². The molecule has 0 aliphatic rings. The first-order chi connectivity index (χ1) is 12.4. The van der Waals surface area contributed by atoms with Gasteiger partial charge < -0.3 is 10.3 Å². The van der Waals surface area contributed by atoms with Gasteiger partial charge in [0, 0.05) is 16.3 Å². The maximum absolute atomic E-state index is 13.9. The summed E-state index contributed by atoms with van der Waals surface area (Å²) in [7, 11) is 0. The lowest BCUT2D eigenvalue weighted by Crippen LogP contribution is -2.30. The van der Waals surface area contributed by atoms with Crippen LogP contribution in [0.4, 0.5) is 8.78 Å². The fraction of sp³-hybridized carbons (Fsp3) is 0.176. The minimum Gasteiger partial charge on any atom is -0.347 e. The maximum atomic E-state index is 13.9. The van der Waals surface area contributed by atoms with Gasteiger partial charge in [-0.1, -0.05) is 0 Å². The lowest BCUT2D eigenvalue weighted by molar-refractivity contribution is -0.121. The fourth-order valence-corrected chi connectivity index (χ4v) is 3.21. The minimum absolute atomic E-state index is 0.0172. The number of carbonyl (C=O) groups is 1. The second-order valence-electron chi connectivity index (χ2n) is 5.60. The fourth-order valence-electron chi connectivity index (χ4n) is 2.46. The number of thiazole rings is 1. The molecule has 0 spiro atoms. The number of nitrogens with zero attached hydrogens (tertiary/aromatic N) is 2. The van der Waals surface area contributed by atoms with Crippen LogP contribution >= 0.6 is 11.3 Å². The van der Waals surface area contributed by atoms with E-state index in [0.29, 0.717) is 5.01 Å². The standard InChI is InChI=1S/C17H12F2N4O2S/c1-8(17-22-10(6-20)7-26-17)21-14(24)5-9-4-11-13(23-16(9)25)3-2-12(18)15(11)19/h2-4,7-8H,5H2,1H3,(H,21,24)(H,23,25)/t8-/m0/s1. The van der Waals surface area contributed by atoms with Crippen LogP contribution in [0.5, 0.6) is 0 Å². The second-order valence-corrected chi connectivity index (χ2v) is 6.48. The summed E-state index contributed by atoms with van der Waals surface area (Å²) >= 11 is 1.23. The van der Waals surface area contributed by atoms with E-state index in [1.165, 1.54) is 23.5 Å². The van der Waals surface area contributed by atoms with Gasteiger partial charge in [0.25, 0.3) is 5.56 Å². The molecule has 0 saturated carbocycles. The molecule has 2 aromatic heterocycles. The summed E-state index contributed by atoms with van der Waals surface area (Å²) in [5.41, 5.74) is -0.122. The van der Waals surface area contributed by atoms with Crippen LogP contribution < -0.4 is 10.9 Å². The van der Waals surface area contributed by atoms with Gasteiger partial charge in [0.15, 0.2) is 17.3 Å². The molecular formula is C17H12F2N4O2S. The Morgan fingerprint density at radius 1 is 1.46 bits per heavy atom. The third-order valence-corrected chi connectivity index (χ3v) is 4.75. The number of rotatable bonds is 4. The normalized spacial score (nSPS) is 11.9. The Morgan fingerprint density at radius 3 is 2.92 bits per heavy atom. The van der Waals surface area contributed by atoms with Crippen LogP contribution in [0.1, 0.15) is 29.2 Å². The van der Waals surface area contributed by atoms with E-state index in [4.69, 9.17) is 5.26 Å². The zero-order chi connectivity index (χ0) is 18.8. The van der Waals surface area contributed by atoms with Crippen LogP contribution in [-0.2, 0) is 11.2 Å². The molecule has 3 aromatic rings. The van der Waals surface area contributed by atoms with Crippen LogP contribution in [-0.4, -0.2) is 15.9 Å². The summed E-state index contributed by atoms with van der Waals surface area (Å²) in [6.07, 6.45) is -0.304. The number of nitrogens with one attached hydrogen (secondary N) is 2. The predicted molar refractivity (Wildman–Crippen MR) is 91.6 cm³/mol. The van der Waals surface area contributed by atoms with Gasteiger partial charge in [-0.2, -0.15) is 5.26 Å². The van der Waals surface area contributed by atoms with Crippen molar-refractivity contribution in [2.24, 2.45) is 0 Å². The quantitative estimate of drug-likeness (QED) is 0.733. The predicted octanol–water partition coefficient (Wildman–Crippen LogP) is 2.55. The number of aromatic nitrogens is 2. The van der Waals surface area contributed by atoms with Crippen molar-refractivity contribution in [1.82, 2.24) is 15.3 Å². The van der Waals surface area contributed by atoms with Crippen molar-refractivity contribution in [2.75, 3.05) is 0 Å². The Hall–Kier alpha value is -3.12.